The maximum atomic E-state index is 12.9. The zero-order valence-electron chi connectivity index (χ0n) is 16.5. The van der Waals surface area contributed by atoms with Crippen molar-refractivity contribution in [2.75, 3.05) is 13.2 Å². The van der Waals surface area contributed by atoms with Gasteiger partial charge in [0.15, 0.2) is 12.1 Å². The summed E-state index contributed by atoms with van der Waals surface area (Å²) in [7, 11) is 0. The van der Waals surface area contributed by atoms with Gasteiger partial charge in [-0.3, -0.25) is 4.79 Å². The van der Waals surface area contributed by atoms with Gasteiger partial charge in [0.1, 0.15) is 30.5 Å². The van der Waals surface area contributed by atoms with E-state index in [-0.39, 0.29) is 5.78 Å². The van der Waals surface area contributed by atoms with Crippen LogP contribution in [-0.2, 0) is 9.47 Å². The molecule has 6 N–H and O–H groups in total. The Balaban J connectivity index is 1.96. The predicted molar refractivity (Wildman–Crippen MR) is 99.0 cm³/mol. The van der Waals surface area contributed by atoms with Gasteiger partial charge >= 0.3 is 0 Å². The Morgan fingerprint density at radius 1 is 1.14 bits per heavy atom. The number of ether oxygens (including phenoxy) is 2. The fraction of sp³-hybridized carbons (Fsp3) is 0.650. The molecule has 0 bridgehead atoms. The highest BCUT2D eigenvalue weighted by Gasteiger charge is 2.48. The average Bonchev–Trinajstić information content (AvgIpc) is 2.92. The van der Waals surface area contributed by atoms with Gasteiger partial charge < -0.3 is 40.1 Å². The fourth-order valence-corrected chi connectivity index (χ4v) is 4.34. The van der Waals surface area contributed by atoms with Crippen LogP contribution in [0.4, 0.5) is 0 Å². The SMILES string of the molecule is Cc1cc2c(c(C)c1[C@@H](O)CO)C(=O)[C@@H](C)[C@H]2O[C@H]1O[C@@H](CO)[C@H](O)[C@H](O)[C@@H]1O. The zero-order valence-corrected chi connectivity index (χ0v) is 16.5. The number of hydrogen-bond acceptors (Lipinski definition) is 9. The molecule has 1 saturated heterocycles. The van der Waals surface area contributed by atoms with Crippen molar-refractivity contribution >= 4 is 5.78 Å². The number of carbonyl (C=O) groups excluding carboxylic acids is 1. The summed E-state index contributed by atoms with van der Waals surface area (Å²) in [6.45, 7) is 4.05. The lowest BCUT2D eigenvalue weighted by atomic mass is 9.91. The lowest BCUT2D eigenvalue weighted by molar-refractivity contribution is -0.314. The molecule has 3 rings (SSSR count). The van der Waals surface area contributed by atoms with Crippen LogP contribution in [-0.4, -0.2) is 80.3 Å². The predicted octanol–water partition coefficient (Wildman–Crippen LogP) is -0.981. The van der Waals surface area contributed by atoms with E-state index in [1.54, 1.807) is 26.8 Å². The van der Waals surface area contributed by atoms with Crippen LogP contribution in [0.15, 0.2) is 6.07 Å². The molecule has 0 unspecified atom stereocenters. The Kier molecular flexibility index (Phi) is 6.42. The summed E-state index contributed by atoms with van der Waals surface area (Å²) >= 11 is 0. The molecule has 0 amide bonds. The van der Waals surface area contributed by atoms with E-state index < -0.39 is 62.0 Å². The molecule has 1 aromatic rings. The molecule has 0 spiro atoms. The third-order valence-corrected chi connectivity index (χ3v) is 5.92. The Morgan fingerprint density at radius 2 is 1.79 bits per heavy atom. The molecular weight excluding hydrogens is 384 g/mol. The van der Waals surface area contributed by atoms with Crippen LogP contribution >= 0.6 is 0 Å². The number of hydrogen-bond donors (Lipinski definition) is 6. The number of carbonyl (C=O) groups is 1. The second-order valence-corrected chi connectivity index (χ2v) is 7.80. The van der Waals surface area contributed by atoms with E-state index in [9.17, 15) is 35.4 Å². The Morgan fingerprint density at radius 3 is 2.38 bits per heavy atom. The summed E-state index contributed by atoms with van der Waals surface area (Å²) in [6.07, 6.45) is -9.04. The minimum absolute atomic E-state index is 0.210. The van der Waals surface area contributed by atoms with Gasteiger partial charge in [0.25, 0.3) is 0 Å². The van der Waals surface area contributed by atoms with E-state index in [2.05, 4.69) is 0 Å². The lowest BCUT2D eigenvalue weighted by Crippen LogP contribution is -2.59. The van der Waals surface area contributed by atoms with E-state index in [0.717, 1.165) is 0 Å². The lowest BCUT2D eigenvalue weighted by Gasteiger charge is -2.41. The third kappa shape index (κ3) is 3.62. The summed E-state index contributed by atoms with van der Waals surface area (Å²) in [4.78, 5) is 12.9. The first kappa shape index (κ1) is 22.3. The molecule has 8 atom stereocenters. The van der Waals surface area contributed by atoms with Crippen LogP contribution < -0.4 is 0 Å². The second-order valence-electron chi connectivity index (χ2n) is 7.80. The van der Waals surface area contributed by atoms with Gasteiger partial charge in [0.05, 0.1) is 25.2 Å². The molecule has 1 aliphatic heterocycles. The Labute approximate surface area is 168 Å². The highest BCUT2D eigenvalue weighted by Crippen LogP contribution is 2.44. The van der Waals surface area contributed by atoms with Crippen LogP contribution in [0.25, 0.3) is 0 Å². The van der Waals surface area contributed by atoms with Crippen molar-refractivity contribution in [1.29, 1.82) is 0 Å². The number of ketones is 1. The van der Waals surface area contributed by atoms with Gasteiger partial charge in [0.2, 0.25) is 0 Å². The Bertz CT molecular complexity index is 778. The maximum Gasteiger partial charge on any atom is 0.187 e. The van der Waals surface area contributed by atoms with Gasteiger partial charge in [-0.05, 0) is 36.1 Å². The van der Waals surface area contributed by atoms with Gasteiger partial charge in [-0.1, -0.05) is 13.0 Å². The standard InChI is InChI=1S/C20H28O9/c1-7-4-10-14(8(2)13(7)11(23)5-21)15(24)9(3)19(10)29-20-18(27)17(26)16(25)12(6-22)28-20/h4,9,11-12,16-23,25-27H,5-6H2,1-3H3/t9-,11+,12+,16+,17+,18+,19-,20-/m1/s1. The van der Waals surface area contributed by atoms with E-state index in [1.807, 2.05) is 0 Å². The number of fused-ring (bicyclic) bond motifs is 1. The average molecular weight is 412 g/mol. The monoisotopic (exact) mass is 412 g/mol. The van der Waals surface area contributed by atoms with E-state index in [4.69, 9.17) is 9.47 Å². The highest BCUT2D eigenvalue weighted by atomic mass is 16.7. The fourth-order valence-electron chi connectivity index (χ4n) is 4.34. The van der Waals surface area contributed by atoms with Crippen molar-refractivity contribution < 1.29 is 44.9 Å². The first-order valence-electron chi connectivity index (χ1n) is 9.57. The van der Waals surface area contributed by atoms with Gasteiger partial charge in [-0.15, -0.1) is 0 Å². The van der Waals surface area contributed by atoms with Crippen molar-refractivity contribution in [3.05, 3.63) is 33.9 Å². The normalized spacial score (nSPS) is 35.6. The summed E-state index contributed by atoms with van der Waals surface area (Å²) in [5.74, 6) is -0.838. The maximum absolute atomic E-state index is 12.9. The highest BCUT2D eigenvalue weighted by molar-refractivity contribution is 6.04. The van der Waals surface area contributed by atoms with Crippen molar-refractivity contribution in [3.63, 3.8) is 0 Å². The number of benzene rings is 1. The molecule has 1 aromatic carbocycles. The number of aliphatic hydroxyl groups excluding tert-OH is 6. The van der Waals surface area contributed by atoms with E-state index in [0.29, 0.717) is 27.8 Å². The van der Waals surface area contributed by atoms with Crippen molar-refractivity contribution in [2.45, 2.75) is 63.7 Å². The molecule has 9 nitrogen and oxygen atoms in total. The molecule has 162 valence electrons. The van der Waals surface area contributed by atoms with Crippen LogP contribution in [0, 0.1) is 19.8 Å². The summed E-state index contributed by atoms with van der Waals surface area (Å²) in [6, 6.07) is 1.70. The summed E-state index contributed by atoms with van der Waals surface area (Å²) in [5, 5.41) is 58.9. The molecular formula is C20H28O9. The minimum atomic E-state index is -1.58. The van der Waals surface area contributed by atoms with Crippen LogP contribution in [0.1, 0.15) is 51.7 Å². The van der Waals surface area contributed by atoms with E-state index >= 15 is 0 Å². The van der Waals surface area contributed by atoms with Gasteiger partial charge in [-0.2, -0.15) is 0 Å². The molecule has 1 aliphatic carbocycles. The molecule has 9 heteroatoms. The Hall–Kier alpha value is -1.43. The van der Waals surface area contributed by atoms with Crippen LogP contribution in [0.3, 0.4) is 0 Å². The molecule has 0 radical (unpaired) electrons. The number of aryl methyl sites for hydroxylation is 1. The molecule has 1 fully saturated rings. The van der Waals surface area contributed by atoms with Gasteiger partial charge in [-0.25, -0.2) is 0 Å². The molecule has 0 saturated carbocycles. The quantitative estimate of drug-likeness (QED) is 0.358. The summed E-state index contributed by atoms with van der Waals surface area (Å²) in [5.41, 5.74) is 2.66. The largest absolute Gasteiger partial charge is 0.394 e. The smallest absolute Gasteiger partial charge is 0.187 e. The topological polar surface area (TPSA) is 157 Å². The summed E-state index contributed by atoms with van der Waals surface area (Å²) < 4.78 is 11.3. The van der Waals surface area contributed by atoms with Crippen molar-refractivity contribution in [1.82, 2.24) is 0 Å². The molecule has 0 aromatic heterocycles. The van der Waals surface area contributed by atoms with Gasteiger partial charge in [0, 0.05) is 5.56 Å². The molecule has 29 heavy (non-hydrogen) atoms. The third-order valence-electron chi connectivity index (χ3n) is 5.92. The number of rotatable bonds is 5. The van der Waals surface area contributed by atoms with Crippen LogP contribution in [0.2, 0.25) is 0 Å². The first-order chi connectivity index (χ1) is 13.6. The van der Waals surface area contributed by atoms with E-state index in [1.165, 1.54) is 0 Å². The first-order valence-corrected chi connectivity index (χ1v) is 9.57. The minimum Gasteiger partial charge on any atom is -0.394 e. The molecule has 2 aliphatic rings. The van der Waals surface area contributed by atoms with Crippen molar-refractivity contribution in [3.8, 4) is 0 Å². The number of aliphatic hydroxyl groups is 6. The van der Waals surface area contributed by atoms with Crippen molar-refractivity contribution in [2.24, 2.45) is 5.92 Å². The zero-order chi connectivity index (χ0) is 21.6. The van der Waals surface area contributed by atoms with Crippen LogP contribution in [0.5, 0.6) is 0 Å². The number of Topliss-reactive ketones (excluding diaryl/α,β-unsaturated/α-hetero) is 1. The molecule has 1 heterocycles. The second kappa shape index (κ2) is 8.37.